The Morgan fingerprint density at radius 3 is 2.21 bits per heavy atom. The molecule has 1 aromatic rings. The van der Waals surface area contributed by atoms with E-state index in [1.807, 2.05) is 18.6 Å². The number of ether oxygens (including phenoxy) is 1. The average Bonchev–Trinajstić information content (AvgIpc) is 2.69. The molecule has 1 aromatic carbocycles. The molecule has 7 heteroatoms. The summed E-state index contributed by atoms with van der Waals surface area (Å²) >= 11 is 0. The van der Waals surface area contributed by atoms with E-state index in [0.29, 0.717) is 5.69 Å². The van der Waals surface area contributed by atoms with Gasteiger partial charge in [-0.3, -0.25) is 9.59 Å². The summed E-state index contributed by atoms with van der Waals surface area (Å²) in [4.78, 5) is 36.6. The zero-order valence-corrected chi connectivity index (χ0v) is 17.2. The normalized spacial score (nSPS) is 12.4. The predicted molar refractivity (Wildman–Crippen MR) is 114 cm³/mol. The number of hydrogen-bond acceptors (Lipinski definition) is 4. The number of carbonyl (C=O) groups is 3. The van der Waals surface area contributed by atoms with E-state index in [1.54, 1.807) is 39.0 Å². The van der Waals surface area contributed by atoms with Gasteiger partial charge in [-0.25, -0.2) is 4.79 Å². The number of hydrogen-bond donors (Lipinski definition) is 3. The predicted octanol–water partition coefficient (Wildman–Crippen LogP) is 3.20. The summed E-state index contributed by atoms with van der Waals surface area (Å²) in [7, 11) is 0. The molecule has 0 fully saturated rings. The van der Waals surface area contributed by atoms with Crippen LogP contribution in [0.4, 0.5) is 10.5 Å². The lowest BCUT2D eigenvalue weighted by atomic mass is 10.0. The van der Waals surface area contributed by atoms with Crippen LogP contribution in [0.5, 0.6) is 0 Å². The van der Waals surface area contributed by atoms with Crippen molar-refractivity contribution in [3.63, 3.8) is 0 Å². The minimum Gasteiger partial charge on any atom is -0.445 e. The molecule has 0 aliphatic heterocycles. The first-order valence-corrected chi connectivity index (χ1v) is 9.48. The second kappa shape index (κ2) is 12.4. The Kier molecular flexibility index (Phi) is 10.2. The van der Waals surface area contributed by atoms with Crippen LogP contribution in [0.3, 0.4) is 0 Å². The van der Waals surface area contributed by atoms with Gasteiger partial charge >= 0.3 is 6.09 Å². The second-order valence-corrected chi connectivity index (χ2v) is 6.82. The molecule has 0 heterocycles. The van der Waals surface area contributed by atoms with Crippen molar-refractivity contribution in [2.45, 2.75) is 39.3 Å². The smallest absolute Gasteiger partial charge is 0.408 e. The van der Waals surface area contributed by atoms with E-state index >= 15 is 0 Å². The summed E-state index contributed by atoms with van der Waals surface area (Å²) in [5, 5.41) is 7.88. The minimum absolute atomic E-state index is 0.0429. The molecule has 3 amide bonds. The van der Waals surface area contributed by atoms with Crippen molar-refractivity contribution in [3.8, 4) is 0 Å². The molecule has 0 spiro atoms. The van der Waals surface area contributed by atoms with Gasteiger partial charge in [-0.1, -0.05) is 44.7 Å². The number of amides is 3. The largest absolute Gasteiger partial charge is 0.445 e. The third-order valence-corrected chi connectivity index (χ3v) is 4.01. The van der Waals surface area contributed by atoms with Gasteiger partial charge in [0.05, 0.1) is 0 Å². The number of benzene rings is 1. The standard InChI is InChI=1S/C22H30N3O4/c1-6-8-9-17-10-12-18(13-11-17)24-20(26)16(5)23-21(27)19(15(3)4)25-22(28)29-14-7-2/h6-7,9-13,15-16,19H,1-2,8,14H2,3-5H3,(H,23,27)(H,24,26)(H,25,28). The molecule has 157 valence electrons. The first kappa shape index (κ1) is 23.9. The third-order valence-electron chi connectivity index (χ3n) is 4.01. The second-order valence-electron chi connectivity index (χ2n) is 6.82. The molecule has 7 nitrogen and oxygen atoms in total. The van der Waals surface area contributed by atoms with Crippen LogP contribution in [0.1, 0.15) is 32.8 Å². The first-order valence-electron chi connectivity index (χ1n) is 9.48. The fourth-order valence-electron chi connectivity index (χ4n) is 2.38. The molecule has 2 atom stereocenters. The highest BCUT2D eigenvalue weighted by Crippen LogP contribution is 2.13. The molecule has 0 saturated carbocycles. The molecule has 1 radical (unpaired) electrons. The summed E-state index contributed by atoms with van der Waals surface area (Å²) in [6, 6.07) is 5.72. The van der Waals surface area contributed by atoms with Crippen LogP contribution in [0.25, 0.3) is 0 Å². The number of rotatable bonds is 11. The lowest BCUT2D eigenvalue weighted by molar-refractivity contribution is -0.128. The lowest BCUT2D eigenvalue weighted by Crippen LogP contribution is -2.53. The van der Waals surface area contributed by atoms with Crippen LogP contribution >= 0.6 is 0 Å². The Labute approximate surface area is 172 Å². The topological polar surface area (TPSA) is 96.5 Å². The van der Waals surface area contributed by atoms with Crippen molar-refractivity contribution in [3.05, 3.63) is 61.6 Å². The van der Waals surface area contributed by atoms with Gasteiger partial charge in [-0.05, 0) is 43.4 Å². The fraction of sp³-hybridized carbons (Fsp3) is 0.364. The number of nitrogens with one attached hydrogen (secondary N) is 3. The van der Waals surface area contributed by atoms with Gasteiger partial charge in [0.1, 0.15) is 18.7 Å². The highest BCUT2D eigenvalue weighted by Gasteiger charge is 2.27. The number of anilines is 1. The molecule has 0 saturated heterocycles. The maximum absolute atomic E-state index is 12.5. The number of carbonyl (C=O) groups excluding carboxylic acids is 3. The maximum atomic E-state index is 12.5. The van der Waals surface area contributed by atoms with Gasteiger partial charge in [0, 0.05) is 5.69 Å². The van der Waals surface area contributed by atoms with E-state index in [9.17, 15) is 14.4 Å². The van der Waals surface area contributed by atoms with Gasteiger partial charge in [0.15, 0.2) is 0 Å². The van der Waals surface area contributed by atoms with Crippen LogP contribution in [0, 0.1) is 12.3 Å². The maximum Gasteiger partial charge on any atom is 0.408 e. The van der Waals surface area contributed by atoms with Crippen LogP contribution in [-0.4, -0.2) is 36.6 Å². The Hall–Kier alpha value is -3.09. The van der Waals surface area contributed by atoms with Crippen LogP contribution in [-0.2, 0) is 14.3 Å². The lowest BCUT2D eigenvalue weighted by Gasteiger charge is -2.23. The summed E-state index contributed by atoms with van der Waals surface area (Å²) in [6.45, 7) is 12.3. The van der Waals surface area contributed by atoms with Crippen molar-refractivity contribution in [1.29, 1.82) is 0 Å². The summed E-state index contributed by atoms with van der Waals surface area (Å²) in [5.41, 5.74) is 1.65. The Balaban J connectivity index is 2.62. The quantitative estimate of drug-likeness (QED) is 0.497. The van der Waals surface area contributed by atoms with Gasteiger partial charge < -0.3 is 20.7 Å². The van der Waals surface area contributed by atoms with Crippen LogP contribution in [0.2, 0.25) is 0 Å². The molecule has 0 aliphatic rings. The minimum atomic E-state index is -0.831. The summed E-state index contributed by atoms with van der Waals surface area (Å²) < 4.78 is 4.85. The van der Waals surface area contributed by atoms with E-state index in [4.69, 9.17) is 4.74 Å². The van der Waals surface area contributed by atoms with Crippen LogP contribution < -0.4 is 16.0 Å². The highest BCUT2D eigenvalue weighted by atomic mass is 16.5. The molecule has 0 aromatic heterocycles. The van der Waals surface area contributed by atoms with Crippen LogP contribution in [0.15, 0.2) is 49.6 Å². The van der Waals surface area contributed by atoms with Crippen molar-refractivity contribution in [2.24, 2.45) is 5.92 Å². The Bertz CT molecular complexity index is 713. The van der Waals surface area contributed by atoms with Crippen molar-refractivity contribution in [2.75, 3.05) is 11.9 Å². The first-order chi connectivity index (χ1) is 13.8. The Morgan fingerprint density at radius 1 is 1.00 bits per heavy atom. The van der Waals surface area contributed by atoms with E-state index in [-0.39, 0.29) is 18.4 Å². The van der Waals surface area contributed by atoms with Gasteiger partial charge in [-0.2, -0.15) is 0 Å². The molecule has 0 aliphatic carbocycles. The monoisotopic (exact) mass is 400 g/mol. The molecule has 29 heavy (non-hydrogen) atoms. The zero-order valence-electron chi connectivity index (χ0n) is 17.2. The van der Waals surface area contributed by atoms with Crippen molar-refractivity contribution >= 4 is 23.6 Å². The average molecular weight is 400 g/mol. The van der Waals surface area contributed by atoms with E-state index in [1.165, 1.54) is 6.08 Å². The SMILES string of the molecule is C=CC[CH]c1ccc(NC(=O)C(C)NC(=O)C(NC(=O)OCC=C)C(C)C)cc1. The van der Waals surface area contributed by atoms with E-state index in [2.05, 4.69) is 29.1 Å². The van der Waals surface area contributed by atoms with Gasteiger partial charge in [0.25, 0.3) is 0 Å². The highest BCUT2D eigenvalue weighted by molar-refractivity contribution is 5.98. The Morgan fingerprint density at radius 2 is 1.66 bits per heavy atom. The molecule has 2 unspecified atom stereocenters. The number of allylic oxidation sites excluding steroid dienone is 1. The molecule has 1 rings (SSSR count). The molecule has 3 N–H and O–H groups in total. The zero-order chi connectivity index (χ0) is 21.8. The van der Waals surface area contributed by atoms with Gasteiger partial charge in [-0.15, -0.1) is 6.58 Å². The molecule has 0 bridgehead atoms. The molecular weight excluding hydrogens is 370 g/mol. The van der Waals surface area contributed by atoms with Gasteiger partial charge in [0.2, 0.25) is 11.8 Å². The third kappa shape index (κ3) is 8.64. The van der Waals surface area contributed by atoms with Crippen molar-refractivity contribution in [1.82, 2.24) is 10.6 Å². The fourth-order valence-corrected chi connectivity index (χ4v) is 2.38. The summed E-state index contributed by atoms with van der Waals surface area (Å²) in [6.07, 6.45) is 5.30. The number of alkyl carbamates (subject to hydrolysis) is 1. The molecular formula is C22H30N3O4. The van der Waals surface area contributed by atoms with E-state index in [0.717, 1.165) is 12.0 Å². The summed E-state index contributed by atoms with van der Waals surface area (Å²) in [5.74, 6) is -1.02. The van der Waals surface area contributed by atoms with Crippen molar-refractivity contribution < 1.29 is 19.1 Å². The van der Waals surface area contributed by atoms with E-state index < -0.39 is 24.1 Å².